The molecular weight excluding hydrogens is 432 g/mol. The van der Waals surface area contributed by atoms with Crippen molar-refractivity contribution in [3.8, 4) is 0 Å². The van der Waals surface area contributed by atoms with Gasteiger partial charge in [-0.05, 0) is 18.9 Å². The second-order valence-corrected chi connectivity index (χ2v) is 8.47. The van der Waals surface area contributed by atoms with Gasteiger partial charge in [-0.15, -0.1) is 0 Å². The normalized spacial score (nSPS) is 29.4. The third kappa shape index (κ3) is 8.17. The van der Waals surface area contributed by atoms with Crippen LogP contribution in [0.1, 0.15) is 58.8 Å². The number of hydrogen-bond donors (Lipinski definition) is 5. The smallest absolute Gasteiger partial charge is 0.373 e. The van der Waals surface area contributed by atoms with Crippen LogP contribution in [0.3, 0.4) is 0 Å². The fraction of sp³-hybridized carbons (Fsp3) is 0.773. The van der Waals surface area contributed by atoms with Gasteiger partial charge in [-0.3, -0.25) is 4.79 Å². The molecule has 2 aliphatic heterocycles. The second-order valence-electron chi connectivity index (χ2n) is 8.47. The Bertz CT molecular complexity index is 711. The van der Waals surface area contributed by atoms with E-state index in [0.717, 1.165) is 32.1 Å². The predicted molar refractivity (Wildman–Crippen MR) is 121 cm³/mol. The number of nitrogens with zero attached hydrogens (tertiary/aromatic N) is 1. The zero-order valence-electron chi connectivity index (χ0n) is 19.4. The summed E-state index contributed by atoms with van der Waals surface area (Å²) in [7, 11) is 0. The third-order valence-electron chi connectivity index (χ3n) is 5.69. The molecule has 1 fully saturated rings. The molecule has 0 aromatic carbocycles. The first-order chi connectivity index (χ1) is 15.7. The maximum atomic E-state index is 12.7. The zero-order chi connectivity index (χ0) is 24.4. The highest BCUT2D eigenvalue weighted by atomic mass is 16.6. The number of ether oxygens (including phenoxy) is 3. The van der Waals surface area contributed by atoms with Crippen molar-refractivity contribution in [2.45, 2.75) is 95.3 Å². The summed E-state index contributed by atoms with van der Waals surface area (Å²) < 4.78 is 16.9. The summed E-state index contributed by atoms with van der Waals surface area (Å²) in [6, 6.07) is -1.73. The van der Waals surface area contributed by atoms with Gasteiger partial charge >= 0.3 is 5.97 Å². The summed E-state index contributed by atoms with van der Waals surface area (Å²) in [5, 5.41) is 23.3. The van der Waals surface area contributed by atoms with E-state index in [9.17, 15) is 19.8 Å². The summed E-state index contributed by atoms with van der Waals surface area (Å²) in [5.74, 6) is -1.48. The molecule has 33 heavy (non-hydrogen) atoms. The van der Waals surface area contributed by atoms with Gasteiger partial charge in [-0.2, -0.15) is 0 Å². The number of nitrogens with two attached hydrogens (primary N) is 2. The van der Waals surface area contributed by atoms with Crippen molar-refractivity contribution in [2.24, 2.45) is 16.5 Å². The van der Waals surface area contributed by atoms with Crippen molar-refractivity contribution in [1.82, 2.24) is 5.32 Å². The summed E-state index contributed by atoms with van der Waals surface area (Å²) in [6.45, 7) is 3.87. The number of unbranched alkanes of at least 4 members (excludes halogenated alkanes) is 5. The summed E-state index contributed by atoms with van der Waals surface area (Å²) in [4.78, 5) is 28.7. The van der Waals surface area contributed by atoms with E-state index in [0.29, 0.717) is 0 Å². The molecule has 1 amide bonds. The maximum absolute atomic E-state index is 12.7. The average Bonchev–Trinajstić information content (AvgIpc) is 2.75. The number of aliphatic imine (C=N–C) groups is 1. The first-order valence-corrected chi connectivity index (χ1v) is 11.6. The highest BCUT2D eigenvalue weighted by molar-refractivity contribution is 5.87. The molecule has 11 heteroatoms. The Balaban J connectivity index is 2.17. The molecule has 2 rings (SSSR count). The van der Waals surface area contributed by atoms with Gasteiger partial charge in [0.05, 0.1) is 24.8 Å². The lowest BCUT2D eigenvalue weighted by Crippen LogP contribution is -2.62. The van der Waals surface area contributed by atoms with Crippen molar-refractivity contribution in [3.05, 3.63) is 11.8 Å². The number of carbonyl (C=O) groups is 2. The fourth-order valence-electron chi connectivity index (χ4n) is 4.01. The van der Waals surface area contributed by atoms with Crippen LogP contribution in [0.15, 0.2) is 16.8 Å². The molecule has 0 aromatic rings. The quantitative estimate of drug-likeness (QED) is 0.119. The van der Waals surface area contributed by atoms with Crippen LogP contribution in [0.4, 0.5) is 0 Å². The van der Waals surface area contributed by atoms with Crippen LogP contribution in [-0.2, 0) is 23.8 Å². The maximum Gasteiger partial charge on any atom is 0.373 e. The molecule has 0 aliphatic carbocycles. The number of aliphatic hydroxyl groups is 2. The van der Waals surface area contributed by atoms with Gasteiger partial charge in [0.2, 0.25) is 11.7 Å². The average molecular weight is 471 g/mol. The topological polar surface area (TPSA) is 179 Å². The monoisotopic (exact) mass is 470 g/mol. The van der Waals surface area contributed by atoms with Crippen LogP contribution in [-0.4, -0.2) is 77.8 Å². The standard InChI is InChI=1S/C22H38N4O7/c1-3-4-5-6-7-8-10-32-21(30)16-12-14(26-22(23)24)17(25-13(2)27)19(33-16)20-18(29)15(28)9-11-31-20/h12,14-15,17-20,28-29H,3-11H2,1-2H3,(H,25,27)(H4,23,24,26)/t14-,15+,17+,18+,19+,20+/m0/s1. The molecule has 0 spiro atoms. The Hall–Kier alpha value is -2.37. The van der Waals surface area contributed by atoms with Gasteiger partial charge in [0.25, 0.3) is 0 Å². The van der Waals surface area contributed by atoms with Crippen LogP contribution >= 0.6 is 0 Å². The molecule has 188 valence electrons. The lowest BCUT2D eigenvalue weighted by Gasteiger charge is -2.43. The molecule has 1 saturated heterocycles. The predicted octanol–water partition coefficient (Wildman–Crippen LogP) is -0.170. The third-order valence-corrected chi connectivity index (χ3v) is 5.69. The van der Waals surface area contributed by atoms with Crippen LogP contribution in [0.25, 0.3) is 0 Å². The van der Waals surface area contributed by atoms with Crippen molar-refractivity contribution >= 4 is 17.8 Å². The Labute approximate surface area is 194 Å². The number of aliphatic hydroxyl groups excluding tert-OH is 2. The fourth-order valence-corrected chi connectivity index (χ4v) is 4.01. The van der Waals surface area contributed by atoms with E-state index >= 15 is 0 Å². The Morgan fingerprint density at radius 2 is 1.88 bits per heavy atom. The molecule has 11 nitrogen and oxygen atoms in total. The first kappa shape index (κ1) is 26.9. The second kappa shape index (κ2) is 13.4. The summed E-state index contributed by atoms with van der Waals surface area (Å²) in [6.07, 6.45) is 3.48. The van der Waals surface area contributed by atoms with Crippen molar-refractivity contribution < 1.29 is 34.0 Å². The minimum Gasteiger partial charge on any atom is -0.478 e. The van der Waals surface area contributed by atoms with Gasteiger partial charge in [-0.1, -0.05) is 39.0 Å². The van der Waals surface area contributed by atoms with Crippen LogP contribution in [0.2, 0.25) is 0 Å². The number of nitrogens with one attached hydrogen (secondary N) is 1. The van der Waals surface area contributed by atoms with Gasteiger partial charge in [0.15, 0.2) is 12.1 Å². The largest absolute Gasteiger partial charge is 0.478 e. The molecule has 2 heterocycles. The number of guanidine groups is 1. The molecule has 7 N–H and O–H groups in total. The molecule has 0 aromatic heterocycles. The van der Waals surface area contributed by atoms with E-state index in [2.05, 4.69) is 17.2 Å². The highest BCUT2D eigenvalue weighted by Crippen LogP contribution is 2.29. The first-order valence-electron chi connectivity index (χ1n) is 11.6. The lowest BCUT2D eigenvalue weighted by atomic mass is 9.88. The Kier molecular flexibility index (Phi) is 10.9. The van der Waals surface area contributed by atoms with E-state index in [4.69, 9.17) is 25.7 Å². The number of carbonyl (C=O) groups excluding carboxylic acids is 2. The van der Waals surface area contributed by atoms with Gasteiger partial charge in [0.1, 0.15) is 12.2 Å². The van der Waals surface area contributed by atoms with E-state index in [-0.39, 0.29) is 31.4 Å². The molecule has 2 aliphatic rings. The molecule has 0 unspecified atom stereocenters. The summed E-state index contributed by atoms with van der Waals surface area (Å²) >= 11 is 0. The van der Waals surface area contributed by atoms with Crippen molar-refractivity contribution in [1.29, 1.82) is 0 Å². The van der Waals surface area contributed by atoms with Gasteiger partial charge in [0, 0.05) is 13.5 Å². The summed E-state index contributed by atoms with van der Waals surface area (Å²) in [5.41, 5.74) is 11.1. The molecule has 0 radical (unpaired) electrons. The lowest BCUT2D eigenvalue weighted by molar-refractivity contribution is -0.186. The number of rotatable bonds is 11. The SMILES string of the molecule is CCCCCCCCOC(=O)C1=C[C@H](N=C(N)N)[C@@H](NC(C)=O)[C@H]([C@@H]2OCC[C@@H](O)[C@H]2O)O1. The highest BCUT2D eigenvalue weighted by Gasteiger charge is 2.48. The zero-order valence-corrected chi connectivity index (χ0v) is 19.4. The molecule has 6 atom stereocenters. The van der Waals surface area contributed by atoms with Crippen LogP contribution in [0.5, 0.6) is 0 Å². The van der Waals surface area contributed by atoms with Crippen LogP contribution in [0, 0.1) is 0 Å². The molecule has 0 saturated carbocycles. The van der Waals surface area contributed by atoms with E-state index in [1.807, 2.05) is 0 Å². The van der Waals surface area contributed by atoms with Crippen molar-refractivity contribution in [2.75, 3.05) is 13.2 Å². The molecular formula is C22H38N4O7. The van der Waals surface area contributed by atoms with E-state index in [1.165, 1.54) is 19.4 Å². The minimum atomic E-state index is -1.29. The Morgan fingerprint density at radius 1 is 1.18 bits per heavy atom. The van der Waals surface area contributed by atoms with Gasteiger partial charge in [-0.25, -0.2) is 9.79 Å². The van der Waals surface area contributed by atoms with E-state index < -0.39 is 48.4 Å². The number of hydrogen-bond acceptors (Lipinski definition) is 8. The number of esters is 1. The minimum absolute atomic E-state index is 0.140. The van der Waals surface area contributed by atoms with E-state index in [1.54, 1.807) is 0 Å². The number of amides is 1. The van der Waals surface area contributed by atoms with Gasteiger partial charge < -0.3 is 41.2 Å². The Morgan fingerprint density at radius 3 is 2.55 bits per heavy atom. The van der Waals surface area contributed by atoms with Crippen molar-refractivity contribution in [3.63, 3.8) is 0 Å². The van der Waals surface area contributed by atoms with Crippen LogP contribution < -0.4 is 16.8 Å². The molecule has 0 bridgehead atoms.